The van der Waals surface area contributed by atoms with Gasteiger partial charge in [-0.2, -0.15) is 5.10 Å². The lowest BCUT2D eigenvalue weighted by molar-refractivity contribution is -0.00453. The van der Waals surface area contributed by atoms with Crippen molar-refractivity contribution in [3.05, 3.63) is 83.6 Å². The maximum Gasteiger partial charge on any atom is 0.289 e. The van der Waals surface area contributed by atoms with E-state index in [0.29, 0.717) is 5.69 Å². The zero-order valence-electron chi connectivity index (χ0n) is 21.1. The van der Waals surface area contributed by atoms with Gasteiger partial charge in [-0.3, -0.25) is 4.79 Å². The van der Waals surface area contributed by atoms with Crippen LogP contribution in [0.1, 0.15) is 60.1 Å². The van der Waals surface area contributed by atoms with Crippen molar-refractivity contribution in [3.63, 3.8) is 0 Å². The summed E-state index contributed by atoms with van der Waals surface area (Å²) in [7, 11) is 1.67. The average molecular weight is 490 g/mol. The Bertz CT molecular complexity index is 1520. The van der Waals surface area contributed by atoms with Crippen LogP contribution in [0.2, 0.25) is 0 Å². The number of rotatable bonds is 5. The quantitative estimate of drug-likeness (QED) is 0.253. The molecule has 5 nitrogen and oxygen atoms in total. The molecule has 3 aromatic carbocycles. The molecule has 0 atom stereocenters. The number of fused-ring (bicyclic) bond motifs is 2. The highest BCUT2D eigenvalue weighted by molar-refractivity contribution is 6.03. The van der Waals surface area contributed by atoms with Crippen LogP contribution in [0.25, 0.3) is 21.7 Å². The Hall–Kier alpha value is -3.73. The monoisotopic (exact) mass is 489 g/mol. The molecule has 0 unspecified atom stereocenters. The second-order valence-electron chi connectivity index (χ2n) is 11.4. The number of pyridine rings is 1. The van der Waals surface area contributed by atoms with E-state index in [1.54, 1.807) is 13.3 Å². The number of hydrazone groups is 1. The molecule has 0 spiro atoms. The molecule has 0 radical (unpaired) electrons. The summed E-state index contributed by atoms with van der Waals surface area (Å²) in [5.41, 5.74) is 6.50. The highest BCUT2D eigenvalue weighted by Gasteiger charge is 2.52. The fourth-order valence-corrected chi connectivity index (χ4v) is 7.97. The number of carbonyl (C=O) groups excluding carboxylic acids is 1. The molecule has 4 aliphatic rings. The van der Waals surface area contributed by atoms with Crippen LogP contribution in [-0.4, -0.2) is 24.2 Å². The summed E-state index contributed by atoms with van der Waals surface area (Å²) < 4.78 is 5.49. The molecule has 4 aromatic rings. The number of amides is 1. The number of methoxy groups -OCH3 is 1. The standard InChI is InChI=1S/C32H31N3O2/c1-37-30-11-10-23(24-6-2-3-7-25(24)30)19-33-35-31(36)29-15-27(26-8-4-5-9-28(26)34-29)32-16-20-12-21(17-32)14-22(13-20)18-32/h2-11,15,19-22H,12-14,16-18H2,1H3,(H,35,36)/b33-19+. The Kier molecular flexibility index (Phi) is 5.27. The Labute approximate surface area is 216 Å². The van der Waals surface area contributed by atoms with Gasteiger partial charge in [-0.25, -0.2) is 10.4 Å². The van der Waals surface area contributed by atoms with Gasteiger partial charge in [0.15, 0.2) is 0 Å². The van der Waals surface area contributed by atoms with Crippen molar-refractivity contribution >= 4 is 33.8 Å². The Morgan fingerprint density at radius 1 is 0.919 bits per heavy atom. The topological polar surface area (TPSA) is 63.6 Å². The summed E-state index contributed by atoms with van der Waals surface area (Å²) in [5.74, 6) is 3.04. The summed E-state index contributed by atoms with van der Waals surface area (Å²) in [4.78, 5) is 18.1. The molecule has 1 amide bonds. The summed E-state index contributed by atoms with van der Waals surface area (Å²) in [6, 6.07) is 22.3. The van der Waals surface area contributed by atoms with Crippen LogP contribution in [0.3, 0.4) is 0 Å². The van der Waals surface area contributed by atoms with Gasteiger partial charge in [-0.1, -0.05) is 42.5 Å². The second kappa shape index (κ2) is 8.69. The number of aromatic nitrogens is 1. The SMILES string of the molecule is COc1ccc(/C=N/NC(=O)c2cc(C34CC5CC(CC(C5)C3)C4)c3ccccc3n2)c2ccccc12. The van der Waals surface area contributed by atoms with Crippen LogP contribution in [0.4, 0.5) is 0 Å². The Morgan fingerprint density at radius 3 is 2.27 bits per heavy atom. The molecule has 186 valence electrons. The second-order valence-corrected chi connectivity index (χ2v) is 11.4. The number of ether oxygens (including phenoxy) is 1. The number of hydrogen-bond donors (Lipinski definition) is 1. The van der Waals surface area contributed by atoms with E-state index >= 15 is 0 Å². The minimum atomic E-state index is -0.272. The Balaban J connectivity index is 1.21. The molecule has 37 heavy (non-hydrogen) atoms. The van der Waals surface area contributed by atoms with Gasteiger partial charge >= 0.3 is 0 Å². The largest absolute Gasteiger partial charge is 0.496 e. The summed E-state index contributed by atoms with van der Waals surface area (Å²) in [6.07, 6.45) is 9.62. The van der Waals surface area contributed by atoms with Gasteiger partial charge in [-0.15, -0.1) is 0 Å². The van der Waals surface area contributed by atoms with Crippen LogP contribution in [0.5, 0.6) is 5.75 Å². The van der Waals surface area contributed by atoms with Gasteiger partial charge in [-0.05, 0) is 96.9 Å². The number of hydrogen-bond acceptors (Lipinski definition) is 4. The van der Waals surface area contributed by atoms with E-state index in [0.717, 1.165) is 45.4 Å². The Morgan fingerprint density at radius 2 is 1.57 bits per heavy atom. The molecule has 0 aliphatic heterocycles. The van der Waals surface area contributed by atoms with Crippen molar-refractivity contribution in [1.29, 1.82) is 0 Å². The molecular formula is C32H31N3O2. The van der Waals surface area contributed by atoms with E-state index in [-0.39, 0.29) is 11.3 Å². The van der Waals surface area contributed by atoms with Crippen molar-refractivity contribution in [2.45, 2.75) is 43.9 Å². The lowest BCUT2D eigenvalue weighted by Gasteiger charge is -2.57. The predicted molar refractivity (Wildman–Crippen MR) is 147 cm³/mol. The van der Waals surface area contributed by atoms with Crippen LogP contribution < -0.4 is 10.2 Å². The van der Waals surface area contributed by atoms with Crippen LogP contribution in [0, 0.1) is 17.8 Å². The summed E-state index contributed by atoms with van der Waals surface area (Å²) in [6.45, 7) is 0. The zero-order valence-corrected chi connectivity index (χ0v) is 21.1. The molecule has 0 saturated heterocycles. The van der Waals surface area contributed by atoms with E-state index in [9.17, 15) is 4.79 Å². The molecule has 1 aromatic heterocycles. The lowest BCUT2D eigenvalue weighted by atomic mass is 9.48. The number of nitrogens with one attached hydrogen (secondary N) is 1. The van der Waals surface area contributed by atoms with Gasteiger partial charge in [0.2, 0.25) is 0 Å². The van der Waals surface area contributed by atoms with E-state index in [1.807, 2.05) is 48.5 Å². The number of benzene rings is 3. The zero-order chi connectivity index (χ0) is 25.0. The summed E-state index contributed by atoms with van der Waals surface area (Å²) in [5, 5.41) is 7.56. The van der Waals surface area contributed by atoms with Crippen LogP contribution in [-0.2, 0) is 5.41 Å². The van der Waals surface area contributed by atoms with Gasteiger partial charge in [0.05, 0.1) is 18.8 Å². The molecule has 8 rings (SSSR count). The molecule has 1 N–H and O–H groups in total. The average Bonchev–Trinajstić information content (AvgIpc) is 2.91. The third-order valence-corrected chi connectivity index (χ3v) is 9.07. The third-order valence-electron chi connectivity index (χ3n) is 9.07. The van der Waals surface area contributed by atoms with Gasteiger partial charge in [0.25, 0.3) is 5.91 Å². The molecular weight excluding hydrogens is 458 g/mol. The highest BCUT2D eigenvalue weighted by Crippen LogP contribution is 2.61. The highest BCUT2D eigenvalue weighted by atomic mass is 16.5. The van der Waals surface area contributed by atoms with E-state index < -0.39 is 0 Å². The smallest absolute Gasteiger partial charge is 0.289 e. The molecule has 4 bridgehead atoms. The minimum absolute atomic E-state index is 0.178. The minimum Gasteiger partial charge on any atom is -0.496 e. The first-order valence-corrected chi connectivity index (χ1v) is 13.4. The first kappa shape index (κ1) is 22.5. The molecule has 1 heterocycles. The normalized spacial score (nSPS) is 26.2. The van der Waals surface area contributed by atoms with Crippen molar-refractivity contribution in [2.24, 2.45) is 22.9 Å². The van der Waals surface area contributed by atoms with Crippen molar-refractivity contribution < 1.29 is 9.53 Å². The van der Waals surface area contributed by atoms with Crippen LogP contribution >= 0.6 is 0 Å². The first-order chi connectivity index (χ1) is 18.1. The maximum absolute atomic E-state index is 13.3. The van der Waals surface area contributed by atoms with E-state index in [1.165, 1.54) is 49.5 Å². The maximum atomic E-state index is 13.3. The molecule has 4 aliphatic carbocycles. The predicted octanol–water partition coefficient (Wildman–Crippen LogP) is 6.63. The van der Waals surface area contributed by atoms with Crippen molar-refractivity contribution in [2.75, 3.05) is 7.11 Å². The molecule has 5 heteroatoms. The number of para-hydroxylation sites is 1. The fourth-order valence-electron chi connectivity index (χ4n) is 7.97. The van der Waals surface area contributed by atoms with Crippen LogP contribution in [0.15, 0.2) is 71.8 Å². The lowest BCUT2D eigenvalue weighted by Crippen LogP contribution is -2.48. The van der Waals surface area contributed by atoms with Gasteiger partial charge < -0.3 is 4.74 Å². The summed E-state index contributed by atoms with van der Waals surface area (Å²) >= 11 is 0. The van der Waals surface area contributed by atoms with E-state index in [4.69, 9.17) is 9.72 Å². The fraction of sp³-hybridized carbons (Fsp3) is 0.344. The van der Waals surface area contributed by atoms with Gasteiger partial charge in [0, 0.05) is 16.3 Å². The van der Waals surface area contributed by atoms with Crippen molar-refractivity contribution in [1.82, 2.24) is 10.4 Å². The molecule has 4 fully saturated rings. The van der Waals surface area contributed by atoms with E-state index in [2.05, 4.69) is 28.7 Å². The van der Waals surface area contributed by atoms with Gasteiger partial charge in [0.1, 0.15) is 11.4 Å². The first-order valence-electron chi connectivity index (χ1n) is 13.4. The molecule has 4 saturated carbocycles. The number of nitrogens with zero attached hydrogens (tertiary/aromatic N) is 2. The third kappa shape index (κ3) is 3.79. The number of carbonyl (C=O) groups is 1. The van der Waals surface area contributed by atoms with Crippen molar-refractivity contribution in [3.8, 4) is 5.75 Å².